The van der Waals surface area contributed by atoms with Gasteiger partial charge in [-0.1, -0.05) is 0 Å². The lowest BCUT2D eigenvalue weighted by molar-refractivity contribution is -0.143. The summed E-state index contributed by atoms with van der Waals surface area (Å²) in [5.41, 5.74) is 0. The Balaban J connectivity index is 2.20. The molecular formula is C11H14N2O3S. The quantitative estimate of drug-likeness (QED) is 0.602. The van der Waals surface area contributed by atoms with Crippen LogP contribution in [0.25, 0.3) is 0 Å². The summed E-state index contributed by atoms with van der Waals surface area (Å²) in [6.07, 6.45) is 3.33. The highest BCUT2D eigenvalue weighted by Crippen LogP contribution is 2.15. The van der Waals surface area contributed by atoms with E-state index in [1.165, 1.54) is 11.8 Å². The summed E-state index contributed by atoms with van der Waals surface area (Å²) in [6, 6.07) is 3.65. The Labute approximate surface area is 104 Å². The Morgan fingerprint density at radius 2 is 2.12 bits per heavy atom. The number of aromatic nitrogens is 1. The summed E-state index contributed by atoms with van der Waals surface area (Å²) in [5.74, 6) is -0.349. The minimum atomic E-state index is -0.422. The lowest BCUT2D eigenvalue weighted by Gasteiger charge is -2.04. The van der Waals surface area contributed by atoms with E-state index < -0.39 is 5.97 Å². The average molecular weight is 254 g/mol. The van der Waals surface area contributed by atoms with Crippen molar-refractivity contribution in [3.05, 3.63) is 24.5 Å². The predicted octanol–water partition coefficient (Wildman–Crippen LogP) is 0.853. The van der Waals surface area contributed by atoms with Crippen molar-refractivity contribution in [1.29, 1.82) is 0 Å². The molecule has 0 aliphatic carbocycles. The summed E-state index contributed by atoms with van der Waals surface area (Å²) in [6.45, 7) is 1.96. The van der Waals surface area contributed by atoms with Gasteiger partial charge in [0.2, 0.25) is 5.91 Å². The Hall–Kier alpha value is -1.56. The van der Waals surface area contributed by atoms with Crippen LogP contribution >= 0.6 is 11.8 Å². The van der Waals surface area contributed by atoms with Gasteiger partial charge in [0.15, 0.2) is 0 Å². The van der Waals surface area contributed by atoms with Gasteiger partial charge in [-0.05, 0) is 19.1 Å². The van der Waals surface area contributed by atoms with Crippen molar-refractivity contribution < 1.29 is 14.3 Å². The van der Waals surface area contributed by atoms with E-state index in [0.717, 1.165) is 4.90 Å². The lowest BCUT2D eigenvalue weighted by Crippen LogP contribution is -2.31. The summed E-state index contributed by atoms with van der Waals surface area (Å²) in [7, 11) is 0. The van der Waals surface area contributed by atoms with Crippen LogP contribution in [-0.2, 0) is 14.3 Å². The minimum Gasteiger partial charge on any atom is -0.465 e. The van der Waals surface area contributed by atoms with Crippen molar-refractivity contribution in [2.75, 3.05) is 18.9 Å². The Bertz CT molecular complexity index is 370. The number of hydrogen-bond acceptors (Lipinski definition) is 5. The second-order valence-corrected chi connectivity index (χ2v) is 4.10. The van der Waals surface area contributed by atoms with Gasteiger partial charge >= 0.3 is 5.97 Å². The standard InChI is InChI=1S/C11H14N2O3S/c1-2-16-11(15)7-13-10(14)8-17-9-3-5-12-6-4-9/h3-6H,2,7-8H2,1H3,(H,13,14). The van der Waals surface area contributed by atoms with Crippen LogP contribution in [0.15, 0.2) is 29.4 Å². The fourth-order valence-electron chi connectivity index (χ4n) is 1.02. The number of nitrogens with zero attached hydrogens (tertiary/aromatic N) is 1. The van der Waals surface area contributed by atoms with Gasteiger partial charge in [0.05, 0.1) is 12.4 Å². The number of hydrogen-bond donors (Lipinski definition) is 1. The molecule has 0 bridgehead atoms. The normalized spacial score (nSPS) is 9.71. The molecule has 0 aromatic carbocycles. The Kier molecular flexibility index (Phi) is 6.09. The second-order valence-electron chi connectivity index (χ2n) is 3.05. The van der Waals surface area contributed by atoms with Crippen molar-refractivity contribution in [2.24, 2.45) is 0 Å². The van der Waals surface area contributed by atoms with Crippen LogP contribution in [-0.4, -0.2) is 35.8 Å². The Morgan fingerprint density at radius 3 is 2.76 bits per heavy atom. The van der Waals surface area contributed by atoms with Crippen LogP contribution < -0.4 is 5.32 Å². The molecule has 0 fully saturated rings. The lowest BCUT2D eigenvalue weighted by atomic mass is 10.5. The Morgan fingerprint density at radius 1 is 1.41 bits per heavy atom. The van der Waals surface area contributed by atoms with Crippen molar-refractivity contribution in [3.63, 3.8) is 0 Å². The molecule has 17 heavy (non-hydrogen) atoms. The number of rotatable bonds is 6. The highest BCUT2D eigenvalue weighted by atomic mass is 32.2. The fraction of sp³-hybridized carbons (Fsp3) is 0.364. The molecule has 1 heterocycles. The SMILES string of the molecule is CCOC(=O)CNC(=O)CSc1ccncc1. The number of esters is 1. The molecule has 1 aromatic rings. The molecule has 92 valence electrons. The van der Waals surface area contributed by atoms with Gasteiger partial charge < -0.3 is 10.1 Å². The minimum absolute atomic E-state index is 0.0798. The fourth-order valence-corrected chi connectivity index (χ4v) is 1.73. The smallest absolute Gasteiger partial charge is 0.325 e. The first-order chi connectivity index (χ1) is 8.22. The van der Waals surface area contributed by atoms with Crippen molar-refractivity contribution >= 4 is 23.6 Å². The van der Waals surface area contributed by atoms with Crippen LogP contribution in [0.4, 0.5) is 0 Å². The van der Waals surface area contributed by atoms with E-state index in [2.05, 4.69) is 15.0 Å². The molecule has 1 rings (SSSR count). The zero-order valence-electron chi connectivity index (χ0n) is 9.51. The monoisotopic (exact) mass is 254 g/mol. The van der Waals surface area contributed by atoms with E-state index in [0.29, 0.717) is 6.61 Å². The first-order valence-electron chi connectivity index (χ1n) is 5.17. The summed E-state index contributed by atoms with van der Waals surface area (Å²) >= 11 is 1.39. The molecule has 0 unspecified atom stereocenters. The van der Waals surface area contributed by atoms with Gasteiger partial charge in [-0.2, -0.15) is 0 Å². The number of amides is 1. The summed E-state index contributed by atoms with van der Waals surface area (Å²) in [5, 5.41) is 2.49. The zero-order chi connectivity index (χ0) is 12.5. The van der Waals surface area contributed by atoms with E-state index >= 15 is 0 Å². The first-order valence-corrected chi connectivity index (χ1v) is 6.16. The first kappa shape index (κ1) is 13.5. The van der Waals surface area contributed by atoms with Gasteiger partial charge in [0.25, 0.3) is 0 Å². The van der Waals surface area contributed by atoms with E-state index in [-0.39, 0.29) is 18.2 Å². The maximum absolute atomic E-state index is 11.4. The van der Waals surface area contributed by atoms with Gasteiger partial charge in [-0.25, -0.2) is 0 Å². The molecule has 0 aliphatic rings. The van der Waals surface area contributed by atoms with Crippen molar-refractivity contribution in [2.45, 2.75) is 11.8 Å². The number of carbonyl (C=O) groups is 2. The molecule has 6 heteroatoms. The molecule has 0 saturated carbocycles. The largest absolute Gasteiger partial charge is 0.465 e. The maximum Gasteiger partial charge on any atom is 0.325 e. The molecule has 0 atom stereocenters. The van der Waals surface area contributed by atoms with E-state index in [4.69, 9.17) is 0 Å². The van der Waals surface area contributed by atoms with Crippen LogP contribution in [0.1, 0.15) is 6.92 Å². The summed E-state index contributed by atoms with van der Waals surface area (Å²) < 4.78 is 4.69. The number of nitrogens with one attached hydrogen (secondary N) is 1. The number of carbonyl (C=O) groups excluding carboxylic acids is 2. The third kappa shape index (κ3) is 5.91. The van der Waals surface area contributed by atoms with Crippen LogP contribution in [0.3, 0.4) is 0 Å². The van der Waals surface area contributed by atoms with Crippen molar-refractivity contribution in [1.82, 2.24) is 10.3 Å². The molecule has 0 spiro atoms. The average Bonchev–Trinajstić information content (AvgIpc) is 2.35. The number of pyridine rings is 1. The molecular weight excluding hydrogens is 240 g/mol. The van der Waals surface area contributed by atoms with Crippen molar-refractivity contribution in [3.8, 4) is 0 Å². The predicted molar refractivity (Wildman–Crippen MR) is 64.6 cm³/mol. The van der Waals surface area contributed by atoms with E-state index in [1.807, 2.05) is 12.1 Å². The number of thioether (sulfide) groups is 1. The third-order valence-corrected chi connectivity index (χ3v) is 2.77. The van der Waals surface area contributed by atoms with Gasteiger partial charge in [0.1, 0.15) is 6.54 Å². The topological polar surface area (TPSA) is 68.3 Å². The van der Waals surface area contributed by atoms with Gasteiger partial charge in [0, 0.05) is 17.3 Å². The third-order valence-electron chi connectivity index (χ3n) is 1.75. The molecule has 5 nitrogen and oxygen atoms in total. The highest BCUT2D eigenvalue weighted by molar-refractivity contribution is 8.00. The van der Waals surface area contributed by atoms with Gasteiger partial charge in [-0.15, -0.1) is 11.8 Å². The van der Waals surface area contributed by atoms with Crippen LogP contribution in [0, 0.1) is 0 Å². The molecule has 0 saturated heterocycles. The zero-order valence-corrected chi connectivity index (χ0v) is 10.3. The van der Waals surface area contributed by atoms with E-state index in [1.54, 1.807) is 19.3 Å². The molecule has 0 aliphatic heterocycles. The molecule has 1 N–H and O–H groups in total. The van der Waals surface area contributed by atoms with E-state index in [9.17, 15) is 9.59 Å². The molecule has 1 aromatic heterocycles. The summed E-state index contributed by atoms with van der Waals surface area (Å²) in [4.78, 5) is 27.2. The maximum atomic E-state index is 11.4. The van der Waals surface area contributed by atoms with Crippen LogP contribution in [0.2, 0.25) is 0 Å². The molecule has 1 amide bonds. The molecule has 0 radical (unpaired) electrons. The van der Waals surface area contributed by atoms with Crippen LogP contribution in [0.5, 0.6) is 0 Å². The highest BCUT2D eigenvalue weighted by Gasteiger charge is 2.06. The number of ether oxygens (including phenoxy) is 1. The second kappa shape index (κ2) is 7.67. The van der Waals surface area contributed by atoms with Gasteiger partial charge in [-0.3, -0.25) is 14.6 Å².